The molecule has 2 aromatic heterocycles. The Morgan fingerprint density at radius 3 is 1.71 bits per heavy atom. The molecule has 1 spiro atoms. The first-order valence-electron chi connectivity index (χ1n) is 21.6. The van der Waals surface area contributed by atoms with E-state index >= 15 is 0 Å². The third-order valence-corrected chi connectivity index (χ3v) is 13.0. The van der Waals surface area contributed by atoms with Crippen LogP contribution in [0.5, 0.6) is 0 Å². The van der Waals surface area contributed by atoms with E-state index in [1.54, 1.807) is 6.20 Å². The summed E-state index contributed by atoms with van der Waals surface area (Å²) in [5, 5.41) is 9.85. The summed E-state index contributed by atoms with van der Waals surface area (Å²) >= 11 is 0. The highest BCUT2D eigenvalue weighted by Gasteiger charge is 2.44. The number of nitrogens with zero attached hydrogens (tertiary/aromatic N) is 4. The van der Waals surface area contributed by atoms with Crippen LogP contribution >= 0.6 is 0 Å². The number of nitriles is 1. The fourth-order valence-corrected chi connectivity index (χ4v) is 9.95. The average molecular weight is 795 g/mol. The molecule has 4 heteroatoms. The zero-order valence-electron chi connectivity index (χ0n) is 34.3. The second-order valence-corrected chi connectivity index (χ2v) is 16.6. The normalized spacial score (nSPS) is 13.6. The molecule has 62 heavy (non-hydrogen) atoms. The van der Waals surface area contributed by atoms with Gasteiger partial charge in [-0.05, 0) is 116 Å². The van der Waals surface area contributed by atoms with Crippen molar-refractivity contribution in [1.29, 1.82) is 5.26 Å². The molecule has 0 bridgehead atoms. The molecule has 0 atom stereocenters. The molecule has 7 aromatic carbocycles. The van der Waals surface area contributed by atoms with Gasteiger partial charge in [0.2, 0.25) is 0 Å². The third kappa shape index (κ3) is 6.69. The Bertz CT molecular complexity index is 3140. The van der Waals surface area contributed by atoms with Gasteiger partial charge >= 0.3 is 0 Å². The van der Waals surface area contributed by atoms with Crippen molar-refractivity contribution in [2.45, 2.75) is 37.5 Å². The first-order valence-corrected chi connectivity index (χ1v) is 21.6. The Labute approximate surface area is 362 Å². The van der Waals surface area contributed by atoms with Crippen LogP contribution in [0.2, 0.25) is 0 Å². The summed E-state index contributed by atoms with van der Waals surface area (Å²) in [6, 6.07) is 67.0. The van der Waals surface area contributed by atoms with Gasteiger partial charge < -0.3 is 0 Å². The Morgan fingerprint density at radius 1 is 0.419 bits per heavy atom. The molecule has 1 fully saturated rings. The largest absolute Gasteiger partial charge is 0.264 e. The number of benzene rings is 7. The van der Waals surface area contributed by atoms with Crippen molar-refractivity contribution in [2.24, 2.45) is 0 Å². The predicted octanol–water partition coefficient (Wildman–Crippen LogP) is 14.6. The van der Waals surface area contributed by atoms with E-state index in [-0.39, 0.29) is 5.41 Å². The van der Waals surface area contributed by atoms with Gasteiger partial charge in [-0.2, -0.15) is 5.26 Å². The van der Waals surface area contributed by atoms with E-state index < -0.39 is 0 Å². The van der Waals surface area contributed by atoms with Crippen LogP contribution in [-0.2, 0) is 5.41 Å². The summed E-state index contributed by atoms with van der Waals surface area (Å²) in [6.07, 6.45) is 9.67. The highest BCUT2D eigenvalue weighted by molar-refractivity contribution is 5.94. The number of hydrogen-bond acceptors (Lipinski definition) is 4. The highest BCUT2D eigenvalue weighted by atomic mass is 14.9. The van der Waals surface area contributed by atoms with Crippen molar-refractivity contribution >= 4 is 0 Å². The van der Waals surface area contributed by atoms with Gasteiger partial charge in [-0.25, -0.2) is 9.97 Å². The standard InChI is InChI=1S/C58H42N4/c59-37-39-20-29-51-53(33-39)58(30-5-2-6-31-58)52-19-9-18-50(56(51)52)47-15-7-13-45(34-47)40-21-23-41(24-22-40)46-14-8-16-48(35-46)55-36-54(61-57(62-55)44-11-3-1-4-12-44)43-27-25-42(26-28-43)49-17-10-32-60-38-49/h1,3-4,7-29,32-36,38H,2,5-6,30-31H2. The van der Waals surface area contributed by atoms with Crippen molar-refractivity contribution < 1.29 is 0 Å². The summed E-state index contributed by atoms with van der Waals surface area (Å²) in [5.74, 6) is 0.692. The zero-order valence-corrected chi connectivity index (χ0v) is 34.3. The van der Waals surface area contributed by atoms with E-state index in [4.69, 9.17) is 9.97 Å². The van der Waals surface area contributed by atoms with Crippen LogP contribution in [0.15, 0.2) is 194 Å². The Kier molecular flexibility index (Phi) is 9.44. The van der Waals surface area contributed by atoms with Crippen molar-refractivity contribution in [3.63, 3.8) is 0 Å². The molecule has 0 aliphatic heterocycles. The minimum atomic E-state index is -0.0101. The topological polar surface area (TPSA) is 62.5 Å². The van der Waals surface area contributed by atoms with E-state index in [1.165, 1.54) is 63.8 Å². The minimum Gasteiger partial charge on any atom is -0.264 e. The van der Waals surface area contributed by atoms with Gasteiger partial charge in [0.05, 0.1) is 23.0 Å². The van der Waals surface area contributed by atoms with E-state index in [0.29, 0.717) is 5.82 Å². The third-order valence-electron chi connectivity index (χ3n) is 13.0. The maximum Gasteiger partial charge on any atom is 0.160 e. The highest BCUT2D eigenvalue weighted by Crippen LogP contribution is 2.58. The van der Waals surface area contributed by atoms with E-state index in [0.717, 1.165) is 68.7 Å². The molecular weight excluding hydrogens is 753 g/mol. The lowest BCUT2D eigenvalue weighted by Gasteiger charge is -2.36. The van der Waals surface area contributed by atoms with Crippen LogP contribution < -0.4 is 0 Å². The van der Waals surface area contributed by atoms with Gasteiger partial charge in [0.1, 0.15) is 0 Å². The quantitative estimate of drug-likeness (QED) is 0.161. The molecule has 294 valence electrons. The predicted molar refractivity (Wildman–Crippen MR) is 252 cm³/mol. The van der Waals surface area contributed by atoms with Crippen LogP contribution in [0.3, 0.4) is 0 Å². The Balaban J connectivity index is 0.912. The van der Waals surface area contributed by atoms with Crippen LogP contribution in [0.1, 0.15) is 48.8 Å². The van der Waals surface area contributed by atoms with Crippen LogP contribution in [0.25, 0.3) is 89.5 Å². The molecular formula is C58H42N4. The molecule has 2 aliphatic carbocycles. The maximum absolute atomic E-state index is 9.85. The molecule has 0 saturated heterocycles. The van der Waals surface area contributed by atoms with E-state index in [9.17, 15) is 5.26 Å². The average Bonchev–Trinajstić information content (AvgIpc) is 3.62. The molecule has 0 N–H and O–H groups in total. The maximum atomic E-state index is 9.85. The molecule has 1 saturated carbocycles. The molecule has 9 aromatic rings. The second kappa shape index (κ2) is 15.7. The van der Waals surface area contributed by atoms with Gasteiger partial charge in [-0.15, -0.1) is 0 Å². The lowest BCUT2D eigenvalue weighted by atomic mass is 9.67. The first-order chi connectivity index (χ1) is 30.6. The molecule has 2 heterocycles. The number of fused-ring (bicyclic) bond motifs is 5. The fraction of sp³-hybridized carbons (Fsp3) is 0.103. The summed E-state index contributed by atoms with van der Waals surface area (Å²) in [5.41, 5.74) is 20.2. The van der Waals surface area contributed by atoms with Gasteiger partial charge in [0.15, 0.2) is 5.82 Å². The summed E-state index contributed by atoms with van der Waals surface area (Å²) < 4.78 is 0. The second-order valence-electron chi connectivity index (χ2n) is 16.6. The van der Waals surface area contributed by atoms with Crippen molar-refractivity contribution in [3.05, 3.63) is 211 Å². The van der Waals surface area contributed by atoms with Crippen LogP contribution in [-0.4, -0.2) is 15.0 Å². The summed E-state index contributed by atoms with van der Waals surface area (Å²) in [7, 11) is 0. The Hall–Kier alpha value is -7.74. The number of pyridine rings is 1. The van der Waals surface area contributed by atoms with Crippen LogP contribution in [0.4, 0.5) is 0 Å². The number of hydrogen-bond donors (Lipinski definition) is 0. The smallest absolute Gasteiger partial charge is 0.160 e. The van der Waals surface area contributed by atoms with Gasteiger partial charge in [0, 0.05) is 34.5 Å². The lowest BCUT2D eigenvalue weighted by molar-refractivity contribution is 0.353. The summed E-state index contributed by atoms with van der Waals surface area (Å²) in [6.45, 7) is 0. The van der Waals surface area contributed by atoms with Crippen molar-refractivity contribution in [3.8, 4) is 95.6 Å². The molecule has 2 aliphatic rings. The molecule has 0 unspecified atom stereocenters. The number of aromatic nitrogens is 3. The zero-order chi connectivity index (χ0) is 41.5. The van der Waals surface area contributed by atoms with E-state index in [1.807, 2.05) is 36.5 Å². The van der Waals surface area contributed by atoms with E-state index in [2.05, 4.69) is 163 Å². The van der Waals surface area contributed by atoms with Crippen molar-refractivity contribution in [2.75, 3.05) is 0 Å². The van der Waals surface area contributed by atoms with Gasteiger partial charge in [-0.3, -0.25) is 4.98 Å². The monoisotopic (exact) mass is 794 g/mol. The molecule has 4 nitrogen and oxygen atoms in total. The lowest BCUT2D eigenvalue weighted by Crippen LogP contribution is -2.28. The van der Waals surface area contributed by atoms with Gasteiger partial charge in [0.25, 0.3) is 0 Å². The number of rotatable bonds is 7. The first kappa shape index (κ1) is 37.3. The fourth-order valence-electron chi connectivity index (χ4n) is 9.95. The molecule has 0 radical (unpaired) electrons. The minimum absolute atomic E-state index is 0.0101. The van der Waals surface area contributed by atoms with Crippen molar-refractivity contribution in [1.82, 2.24) is 15.0 Å². The molecule has 0 amide bonds. The van der Waals surface area contributed by atoms with Crippen LogP contribution in [0, 0.1) is 11.3 Å². The van der Waals surface area contributed by atoms with Gasteiger partial charge in [-0.1, -0.05) is 165 Å². The Morgan fingerprint density at radius 2 is 1.02 bits per heavy atom. The SMILES string of the molecule is N#Cc1ccc2c(c1)C1(CCCCC1)c1cccc(-c3cccc(-c4ccc(-c5cccc(-c6cc(-c7ccc(-c8cccnc8)cc7)nc(-c7ccccc7)n6)c5)cc4)c3)c1-2. The molecule has 11 rings (SSSR count). The summed E-state index contributed by atoms with van der Waals surface area (Å²) in [4.78, 5) is 14.5.